The number of nitrogens with one attached hydrogen (secondary N) is 3. The Labute approximate surface area is 644 Å². The highest BCUT2D eigenvalue weighted by molar-refractivity contribution is 7.99. The topological polar surface area (TPSA) is 295 Å². The molecule has 15 aromatic rings. The lowest BCUT2D eigenvalue weighted by molar-refractivity contribution is -0.125. The van der Waals surface area contributed by atoms with Crippen molar-refractivity contribution in [2.24, 2.45) is 17.8 Å². The van der Waals surface area contributed by atoms with Crippen molar-refractivity contribution in [1.29, 1.82) is 0 Å². The largest absolute Gasteiger partial charge is 0.352 e. The maximum atomic E-state index is 13.0. The van der Waals surface area contributed by atoms with Crippen molar-refractivity contribution in [1.82, 2.24) is 95.8 Å². The molecule has 3 N–H and O–H groups in total. The Kier molecular flexibility index (Phi) is 21.1. The van der Waals surface area contributed by atoms with E-state index in [0.717, 1.165) is 130 Å². The maximum absolute atomic E-state index is 13.0. The van der Waals surface area contributed by atoms with Crippen LogP contribution >= 0.6 is 69.3 Å². The molecule has 108 heavy (non-hydrogen) atoms. The molecule has 9 aromatic heterocycles. The van der Waals surface area contributed by atoms with Crippen molar-refractivity contribution in [2.45, 2.75) is 129 Å². The number of aryl methyl sites for hydroxylation is 8. The van der Waals surface area contributed by atoms with Crippen molar-refractivity contribution in [3.05, 3.63) is 235 Å². The lowest BCUT2D eigenvalue weighted by atomic mass is 9.87. The first-order chi connectivity index (χ1) is 52.7. The van der Waals surface area contributed by atoms with E-state index in [1.165, 1.54) is 72.2 Å². The zero-order valence-corrected chi connectivity index (χ0v) is 64.1. The van der Waals surface area contributed by atoms with Crippen LogP contribution in [0.4, 0.5) is 11.4 Å². The van der Waals surface area contributed by atoms with Crippen LogP contribution < -0.4 is 16.0 Å². The Morgan fingerprint density at radius 2 is 0.778 bits per heavy atom. The molecule has 0 aliphatic heterocycles. The van der Waals surface area contributed by atoms with Crippen LogP contribution in [0, 0.1) is 52.4 Å². The van der Waals surface area contributed by atoms with Gasteiger partial charge in [-0.15, -0.1) is 49.3 Å². The fourth-order valence-corrected chi connectivity index (χ4v) is 20.8. The molecule has 9 heterocycles. The van der Waals surface area contributed by atoms with Gasteiger partial charge in [0.2, 0.25) is 33.2 Å². The van der Waals surface area contributed by atoms with Gasteiger partial charge in [-0.3, -0.25) is 14.4 Å². The van der Waals surface area contributed by atoms with Gasteiger partial charge >= 0.3 is 0 Å². The van der Waals surface area contributed by atoms with E-state index in [1.807, 2.05) is 204 Å². The lowest BCUT2D eigenvalue weighted by Crippen LogP contribution is -2.33. The van der Waals surface area contributed by atoms with Crippen molar-refractivity contribution in [2.75, 3.05) is 10.6 Å². The molecule has 3 unspecified atom stereocenters. The van der Waals surface area contributed by atoms with E-state index in [-0.39, 0.29) is 35.5 Å². The van der Waals surface area contributed by atoms with Gasteiger partial charge < -0.3 is 16.0 Å². The number of amides is 3. The molecule has 3 amide bonds. The summed E-state index contributed by atoms with van der Waals surface area (Å²) in [7, 11) is 0. The van der Waals surface area contributed by atoms with E-state index in [1.54, 1.807) is 48.1 Å². The maximum Gasteiger partial charge on any atom is 0.227 e. The minimum Gasteiger partial charge on any atom is -0.352 e. The number of benzene rings is 6. The summed E-state index contributed by atoms with van der Waals surface area (Å²) in [6.07, 6.45) is 6.96. The van der Waals surface area contributed by atoms with E-state index in [9.17, 15) is 14.4 Å². The molecular formula is C78H69N21O3S6. The summed E-state index contributed by atoms with van der Waals surface area (Å²) in [5.74, 6) is 2.20. The summed E-state index contributed by atoms with van der Waals surface area (Å²) in [6.45, 7) is 10.3. The van der Waals surface area contributed by atoms with E-state index in [4.69, 9.17) is 29.9 Å². The fourth-order valence-electron chi connectivity index (χ4n) is 13.6. The number of thiophene rings is 3. The van der Waals surface area contributed by atoms with Gasteiger partial charge in [0, 0.05) is 66.5 Å². The molecule has 6 aromatic carbocycles. The Hall–Kier alpha value is -10.9. The van der Waals surface area contributed by atoms with E-state index in [2.05, 4.69) is 62.5 Å². The normalized spacial score (nSPS) is 15.1. The van der Waals surface area contributed by atoms with Crippen LogP contribution in [0.3, 0.4) is 0 Å². The molecule has 0 saturated heterocycles. The van der Waals surface area contributed by atoms with Gasteiger partial charge in [0.25, 0.3) is 0 Å². The average Bonchev–Trinajstić information content (AvgIpc) is 1.61. The zero-order chi connectivity index (χ0) is 73.8. The number of fused-ring (bicyclic) bond motifs is 9. The number of hydrogen-bond acceptors (Lipinski definition) is 24. The molecule has 0 radical (unpaired) electrons. The number of para-hydroxylation sites is 3. The van der Waals surface area contributed by atoms with Gasteiger partial charge in [-0.2, -0.15) is 14.0 Å². The van der Waals surface area contributed by atoms with Crippen molar-refractivity contribution < 1.29 is 14.4 Å². The molecule has 0 bridgehead atoms. The Morgan fingerprint density at radius 3 is 1.17 bits per heavy atom. The van der Waals surface area contributed by atoms with Crippen molar-refractivity contribution in [3.63, 3.8) is 0 Å². The summed E-state index contributed by atoms with van der Waals surface area (Å²) in [6, 6.07) is 55.3. The number of anilines is 2. The van der Waals surface area contributed by atoms with Crippen LogP contribution in [0.2, 0.25) is 0 Å². The second-order valence-electron chi connectivity index (χ2n) is 26.4. The summed E-state index contributed by atoms with van der Waals surface area (Å²) >= 11 is 9.36. The first-order valence-electron chi connectivity index (χ1n) is 35.2. The number of carbonyl (C=O) groups excluding carboxylic acids is 3. The van der Waals surface area contributed by atoms with Crippen LogP contribution in [0.25, 0.3) is 47.7 Å². The molecule has 24 nitrogen and oxygen atoms in total. The van der Waals surface area contributed by atoms with Crippen LogP contribution in [-0.2, 0) is 59.5 Å². The number of nitrogens with zero attached hydrogens (tertiary/aromatic N) is 18. The molecule has 3 atom stereocenters. The fraction of sp³-hybridized carbons (Fsp3) is 0.231. The minimum absolute atomic E-state index is 0.0372. The standard InChI is InChI=1S/3C26H23N7OS2/c1-15-7-6-8-18(13-15)29-23(34)17-11-12-20-21(14-17)35-24-22(20)25(28-16(2)27-24)36-26-30-31-32-33(26)19-9-4-3-5-10-19;1-15-8-11-18(12-9-15)29-23(34)17-10-13-20-21(14-17)35-24-22(20)25(28-16(2)27-24)36-26-30-31-32-33(26)19-6-4-3-5-7-19;1-16-28-24-22(25(29-16)36-26-30-31-32-33(26)19-10-6-3-7-11-19)20-13-12-18(14-21(20)35-24)23(34)27-15-17-8-4-2-5-9-17/h3-10,13,17H,11-12,14H2,1-2H3,(H,29,34);3-9,11-12,17H,10,13-14H2,1-2H3,(H,29,34);2-11,18H,12-15H2,1H3,(H,27,34). The average molecular weight is 1540 g/mol. The molecule has 18 rings (SSSR count). The summed E-state index contributed by atoms with van der Waals surface area (Å²) in [5.41, 5.74) is 11.5. The summed E-state index contributed by atoms with van der Waals surface area (Å²) in [4.78, 5) is 74.0. The van der Waals surface area contributed by atoms with E-state index < -0.39 is 0 Å². The molecule has 0 spiro atoms. The van der Waals surface area contributed by atoms with Crippen LogP contribution in [0.5, 0.6) is 0 Å². The Bertz CT molecular complexity index is 5790. The predicted octanol–water partition coefficient (Wildman–Crippen LogP) is 14.9. The Balaban J connectivity index is 0.000000124. The molecule has 0 saturated carbocycles. The van der Waals surface area contributed by atoms with Gasteiger partial charge in [0.15, 0.2) is 0 Å². The summed E-state index contributed by atoms with van der Waals surface area (Å²) < 4.78 is 5.16. The van der Waals surface area contributed by atoms with Gasteiger partial charge in [-0.25, -0.2) is 29.9 Å². The highest BCUT2D eigenvalue weighted by Gasteiger charge is 2.34. The second kappa shape index (κ2) is 31.9. The van der Waals surface area contributed by atoms with E-state index in [0.29, 0.717) is 52.3 Å². The quantitative estimate of drug-likeness (QED) is 0.0757. The smallest absolute Gasteiger partial charge is 0.227 e. The third kappa shape index (κ3) is 15.8. The highest BCUT2D eigenvalue weighted by Crippen LogP contribution is 2.46. The molecule has 3 aliphatic carbocycles. The van der Waals surface area contributed by atoms with Crippen molar-refractivity contribution >= 4 is 129 Å². The molecular weight excluding hydrogens is 1470 g/mol. The molecule has 540 valence electrons. The molecule has 30 heteroatoms. The molecule has 0 fully saturated rings. The first kappa shape index (κ1) is 71.4. The van der Waals surface area contributed by atoms with Gasteiger partial charge in [0.1, 0.15) is 47.0 Å². The summed E-state index contributed by atoms with van der Waals surface area (Å²) in [5, 5.41) is 54.0. The van der Waals surface area contributed by atoms with Crippen LogP contribution in [-0.4, -0.2) is 108 Å². The lowest BCUT2D eigenvalue weighted by Gasteiger charge is -2.22. The second-order valence-corrected chi connectivity index (χ2v) is 32.6. The third-order valence-corrected chi connectivity index (χ3v) is 25.1. The number of rotatable bonds is 16. The highest BCUT2D eigenvalue weighted by atomic mass is 32.2. The monoisotopic (exact) mass is 1540 g/mol. The van der Waals surface area contributed by atoms with Gasteiger partial charge in [-0.1, -0.05) is 115 Å². The van der Waals surface area contributed by atoms with Crippen LogP contribution in [0.15, 0.2) is 200 Å². The molecule has 3 aliphatic rings. The van der Waals surface area contributed by atoms with E-state index >= 15 is 0 Å². The van der Waals surface area contributed by atoms with Crippen molar-refractivity contribution in [3.8, 4) is 17.1 Å². The van der Waals surface area contributed by atoms with Gasteiger partial charge in [-0.05, 0) is 247 Å². The number of hydrogen-bond donors (Lipinski definition) is 3. The predicted molar refractivity (Wildman–Crippen MR) is 421 cm³/mol. The van der Waals surface area contributed by atoms with Gasteiger partial charge in [0.05, 0.1) is 17.1 Å². The third-order valence-electron chi connectivity index (χ3n) is 18.9. The Morgan fingerprint density at radius 1 is 0.407 bits per heavy atom. The number of carbonyl (C=O) groups is 3. The zero-order valence-electron chi connectivity index (χ0n) is 59.2. The minimum atomic E-state index is -0.0680. The first-order valence-corrected chi connectivity index (χ1v) is 40.1. The van der Waals surface area contributed by atoms with Crippen LogP contribution in [0.1, 0.15) is 84.7 Å². The number of tetrazole rings is 3. The number of aromatic nitrogens is 18. The SMILES string of the molecule is Cc1ccc(NC(=O)C2CCc3c(sc4nc(C)nc(Sc5nnnn5-c5ccccc5)c34)C2)cc1.Cc1cccc(NC(=O)C2CCc3c(sc4nc(C)nc(Sc5nnnn5-c5ccccc5)c34)C2)c1.Cc1nc(Sc2nnnn2-c2ccccc2)c2c3c(sc2n1)CC(C(=O)NCc1ccccc1)CC3.